The van der Waals surface area contributed by atoms with Gasteiger partial charge in [0.15, 0.2) is 6.61 Å². The molecule has 2 amide bonds. The van der Waals surface area contributed by atoms with Crippen LogP contribution in [0.15, 0.2) is 47.4 Å². The highest BCUT2D eigenvalue weighted by atomic mass is 35.5. The second-order valence-electron chi connectivity index (χ2n) is 7.99. The average Bonchev–Trinajstić information content (AvgIpc) is 2.84. The van der Waals surface area contributed by atoms with Crippen molar-refractivity contribution in [2.75, 3.05) is 65.4 Å². The minimum Gasteiger partial charge on any atom is -0.482 e. The summed E-state index contributed by atoms with van der Waals surface area (Å²) in [5.74, 6) is -0.295. The van der Waals surface area contributed by atoms with Crippen LogP contribution in [0.4, 0.5) is 5.69 Å². The minimum atomic E-state index is -3.74. The fourth-order valence-electron chi connectivity index (χ4n) is 3.36. The normalized spacial score (nSPS) is 14.5. The maximum absolute atomic E-state index is 12.6. The number of nitrogens with one attached hydrogen (secondary N) is 2. The molecule has 0 atom stereocenters. The lowest BCUT2D eigenvalue weighted by molar-refractivity contribution is -0.118. The summed E-state index contributed by atoms with van der Waals surface area (Å²) in [5.41, 5.74) is 1.07. The third kappa shape index (κ3) is 7.64. The number of hydrogen-bond donors (Lipinski definition) is 2. The summed E-state index contributed by atoms with van der Waals surface area (Å²) >= 11 is 6.15. The van der Waals surface area contributed by atoms with Gasteiger partial charge in [-0.2, -0.15) is 0 Å². The number of hydrogen-bond acceptors (Lipinski definition) is 7. The summed E-state index contributed by atoms with van der Waals surface area (Å²) in [6.45, 7) is 3.08. The Hall–Kier alpha value is -2.70. The Morgan fingerprint density at radius 3 is 2.37 bits per heavy atom. The smallest absolute Gasteiger partial charge is 0.262 e. The fourth-order valence-corrected chi connectivity index (χ4v) is 4.69. The van der Waals surface area contributed by atoms with Crippen molar-refractivity contribution in [3.8, 4) is 5.75 Å². The van der Waals surface area contributed by atoms with Crippen LogP contribution in [0.3, 0.4) is 0 Å². The Kier molecular flexibility index (Phi) is 9.47. The predicted octanol–water partition coefficient (Wildman–Crippen LogP) is 1.67. The number of likely N-dealkylation sites (N-methyl/N-ethyl adjacent to an activating group) is 1. The number of carbonyl (C=O) groups excluding carboxylic acids is 2. The lowest BCUT2D eigenvalue weighted by Gasteiger charge is -2.32. The highest BCUT2D eigenvalue weighted by molar-refractivity contribution is 7.89. The van der Waals surface area contributed by atoms with Gasteiger partial charge in [-0.1, -0.05) is 11.6 Å². The van der Waals surface area contributed by atoms with E-state index in [0.717, 1.165) is 13.1 Å². The number of amides is 2. The Balaban J connectivity index is 1.51. The van der Waals surface area contributed by atoms with Crippen LogP contribution >= 0.6 is 11.6 Å². The van der Waals surface area contributed by atoms with Gasteiger partial charge < -0.3 is 24.6 Å². The van der Waals surface area contributed by atoms with Gasteiger partial charge in [0.25, 0.3) is 11.8 Å². The number of carbonyl (C=O) groups is 2. The zero-order valence-corrected chi connectivity index (χ0v) is 21.2. The van der Waals surface area contributed by atoms with Crippen molar-refractivity contribution in [1.82, 2.24) is 14.5 Å². The van der Waals surface area contributed by atoms with Crippen molar-refractivity contribution < 1.29 is 27.5 Å². The Morgan fingerprint density at radius 2 is 1.74 bits per heavy atom. The third-order valence-electron chi connectivity index (χ3n) is 5.38. The van der Waals surface area contributed by atoms with E-state index in [2.05, 4.69) is 14.9 Å². The number of ether oxygens (including phenoxy) is 2. The first-order valence-corrected chi connectivity index (χ1v) is 12.8. The Labute approximate surface area is 210 Å². The molecule has 35 heavy (non-hydrogen) atoms. The number of anilines is 1. The molecule has 0 spiro atoms. The minimum absolute atomic E-state index is 0.0263. The molecule has 190 valence electrons. The first-order valence-electron chi connectivity index (χ1n) is 11.0. The summed E-state index contributed by atoms with van der Waals surface area (Å²) in [7, 11) is -0.243. The van der Waals surface area contributed by atoms with E-state index in [0.29, 0.717) is 24.3 Å². The molecular weight excluding hydrogens is 496 g/mol. The van der Waals surface area contributed by atoms with Crippen LogP contribution in [0.25, 0.3) is 0 Å². The largest absolute Gasteiger partial charge is 0.482 e. The molecule has 0 aromatic heterocycles. The SMILES string of the molecule is COCCNS(=O)(=O)c1ccc(OCC(=O)Nc2ccc(C(=O)N3CCN(C)CC3)cc2)c(Cl)c1. The molecule has 2 aromatic rings. The van der Waals surface area contributed by atoms with Gasteiger partial charge >= 0.3 is 0 Å². The molecule has 1 aliphatic rings. The summed E-state index contributed by atoms with van der Waals surface area (Å²) in [6.07, 6.45) is 0. The Morgan fingerprint density at radius 1 is 1.06 bits per heavy atom. The summed E-state index contributed by atoms with van der Waals surface area (Å²) in [5, 5.41) is 2.75. The van der Waals surface area contributed by atoms with Crippen LogP contribution in [-0.2, 0) is 19.6 Å². The van der Waals surface area contributed by atoms with Crippen LogP contribution in [0.5, 0.6) is 5.75 Å². The molecule has 1 heterocycles. The number of sulfonamides is 1. The lowest BCUT2D eigenvalue weighted by Crippen LogP contribution is -2.47. The molecule has 10 nitrogen and oxygen atoms in total. The van der Waals surface area contributed by atoms with Crippen LogP contribution in [0.1, 0.15) is 10.4 Å². The van der Waals surface area contributed by atoms with Gasteiger partial charge in [0.2, 0.25) is 10.0 Å². The van der Waals surface area contributed by atoms with Gasteiger partial charge in [-0.25, -0.2) is 13.1 Å². The van der Waals surface area contributed by atoms with Crippen molar-refractivity contribution in [1.29, 1.82) is 0 Å². The number of halogens is 1. The molecule has 0 bridgehead atoms. The van der Waals surface area contributed by atoms with Crippen molar-refractivity contribution in [2.45, 2.75) is 4.90 Å². The van der Waals surface area contributed by atoms with E-state index in [-0.39, 0.29) is 41.3 Å². The number of methoxy groups -OCH3 is 1. The van der Waals surface area contributed by atoms with Crippen molar-refractivity contribution >= 4 is 39.1 Å². The molecule has 1 saturated heterocycles. The number of benzene rings is 2. The first-order chi connectivity index (χ1) is 16.7. The maximum Gasteiger partial charge on any atom is 0.262 e. The van der Waals surface area contributed by atoms with E-state index in [1.807, 2.05) is 11.9 Å². The molecule has 0 radical (unpaired) electrons. The van der Waals surface area contributed by atoms with E-state index in [1.165, 1.54) is 25.3 Å². The second kappa shape index (κ2) is 12.3. The van der Waals surface area contributed by atoms with Gasteiger partial charge in [0.1, 0.15) is 5.75 Å². The zero-order valence-electron chi connectivity index (χ0n) is 19.6. The Bertz CT molecular complexity index is 1140. The molecule has 0 unspecified atom stereocenters. The summed E-state index contributed by atoms with van der Waals surface area (Å²) < 4.78 is 37.2. The molecule has 2 aromatic carbocycles. The van der Waals surface area contributed by atoms with E-state index in [1.54, 1.807) is 24.3 Å². The van der Waals surface area contributed by atoms with Crippen LogP contribution in [0, 0.1) is 0 Å². The van der Waals surface area contributed by atoms with Crippen LogP contribution in [-0.4, -0.2) is 90.1 Å². The molecule has 12 heteroatoms. The van der Waals surface area contributed by atoms with E-state index < -0.39 is 15.9 Å². The van der Waals surface area contributed by atoms with Gasteiger partial charge in [0, 0.05) is 51.1 Å². The first kappa shape index (κ1) is 26.9. The second-order valence-corrected chi connectivity index (χ2v) is 10.2. The molecule has 2 N–H and O–H groups in total. The van der Waals surface area contributed by atoms with E-state index >= 15 is 0 Å². The monoisotopic (exact) mass is 524 g/mol. The quantitative estimate of drug-likeness (QED) is 0.454. The number of piperazine rings is 1. The molecular formula is C23H29ClN4O6S. The highest BCUT2D eigenvalue weighted by Crippen LogP contribution is 2.27. The van der Waals surface area contributed by atoms with Gasteiger partial charge in [-0.3, -0.25) is 9.59 Å². The van der Waals surface area contributed by atoms with Crippen LogP contribution < -0.4 is 14.8 Å². The van der Waals surface area contributed by atoms with Crippen molar-refractivity contribution in [3.63, 3.8) is 0 Å². The van der Waals surface area contributed by atoms with Gasteiger partial charge in [-0.15, -0.1) is 0 Å². The maximum atomic E-state index is 12.6. The topological polar surface area (TPSA) is 117 Å². The molecule has 1 aliphatic heterocycles. The molecule has 0 aliphatic carbocycles. The van der Waals surface area contributed by atoms with Crippen molar-refractivity contribution in [2.24, 2.45) is 0 Å². The average molecular weight is 525 g/mol. The summed E-state index contributed by atoms with van der Waals surface area (Å²) in [4.78, 5) is 28.9. The van der Waals surface area contributed by atoms with E-state index in [4.69, 9.17) is 21.1 Å². The van der Waals surface area contributed by atoms with Crippen LogP contribution in [0.2, 0.25) is 5.02 Å². The third-order valence-corrected chi connectivity index (χ3v) is 7.13. The molecule has 1 fully saturated rings. The predicted molar refractivity (Wildman–Crippen MR) is 132 cm³/mol. The number of rotatable bonds is 10. The highest BCUT2D eigenvalue weighted by Gasteiger charge is 2.20. The van der Waals surface area contributed by atoms with Gasteiger partial charge in [0.05, 0.1) is 16.5 Å². The zero-order chi connectivity index (χ0) is 25.4. The standard InChI is InChI=1S/C23H29ClN4O6S/c1-27-10-12-28(13-11-27)23(30)17-3-5-18(6-4-17)26-22(29)16-34-21-8-7-19(15-20(21)24)35(31,32)25-9-14-33-2/h3-8,15,25H,9-14,16H2,1-2H3,(H,26,29). The molecule has 0 saturated carbocycles. The molecule has 3 rings (SSSR count). The number of nitrogens with zero attached hydrogens (tertiary/aromatic N) is 2. The summed E-state index contributed by atoms with van der Waals surface area (Å²) in [6, 6.07) is 10.6. The van der Waals surface area contributed by atoms with Crippen molar-refractivity contribution in [3.05, 3.63) is 53.1 Å². The van der Waals surface area contributed by atoms with E-state index in [9.17, 15) is 18.0 Å². The van der Waals surface area contributed by atoms with Gasteiger partial charge in [-0.05, 0) is 49.5 Å². The lowest BCUT2D eigenvalue weighted by atomic mass is 10.1. The fraction of sp³-hybridized carbons (Fsp3) is 0.391.